The van der Waals surface area contributed by atoms with Crippen LogP contribution in [0, 0.1) is 0 Å². The summed E-state index contributed by atoms with van der Waals surface area (Å²) in [5, 5.41) is 3.87. The molecule has 0 aromatic heterocycles. The number of halogens is 1. The van der Waals surface area contributed by atoms with Gasteiger partial charge in [-0.05, 0) is 30.9 Å². The van der Waals surface area contributed by atoms with Crippen LogP contribution < -0.4 is 5.32 Å². The highest BCUT2D eigenvalue weighted by Crippen LogP contribution is 2.37. The summed E-state index contributed by atoms with van der Waals surface area (Å²) in [5.74, 6) is 0. The zero-order valence-corrected chi connectivity index (χ0v) is 13.6. The van der Waals surface area contributed by atoms with E-state index < -0.39 is 0 Å². The molecule has 1 heterocycles. The third-order valence-electron chi connectivity index (χ3n) is 5.00. The number of piperazine rings is 1. The van der Waals surface area contributed by atoms with Crippen molar-refractivity contribution in [2.75, 3.05) is 19.6 Å². The number of nitrogens with zero attached hydrogens (tertiary/aromatic N) is 1. The monoisotopic (exact) mass is 304 g/mol. The lowest BCUT2D eigenvalue weighted by atomic mass is 9.90. The van der Waals surface area contributed by atoms with Gasteiger partial charge in [0.1, 0.15) is 0 Å². The number of hydrogen-bond donors (Lipinski definition) is 1. The van der Waals surface area contributed by atoms with Crippen LogP contribution in [0.25, 0.3) is 0 Å². The third-order valence-corrected chi connectivity index (χ3v) is 5.37. The van der Waals surface area contributed by atoms with E-state index in [4.69, 9.17) is 11.6 Å². The van der Waals surface area contributed by atoms with Crippen molar-refractivity contribution in [3.63, 3.8) is 0 Å². The first kappa shape index (κ1) is 15.1. The van der Waals surface area contributed by atoms with Gasteiger partial charge < -0.3 is 5.32 Å². The summed E-state index contributed by atoms with van der Waals surface area (Å²) in [5.41, 5.74) is 4.72. The second-order valence-electron chi connectivity index (χ2n) is 6.66. The molecule has 1 spiro atoms. The zero-order valence-electron chi connectivity index (χ0n) is 12.8. The van der Waals surface area contributed by atoms with E-state index in [9.17, 15) is 0 Å². The maximum absolute atomic E-state index is 5.91. The van der Waals surface area contributed by atoms with Crippen LogP contribution in [0.1, 0.15) is 44.2 Å². The number of rotatable bonds is 3. The first-order valence-corrected chi connectivity index (χ1v) is 8.46. The highest BCUT2D eigenvalue weighted by molar-refractivity contribution is 6.25. The Morgan fingerprint density at radius 1 is 1.33 bits per heavy atom. The molecule has 3 heteroatoms. The van der Waals surface area contributed by atoms with Crippen LogP contribution in [-0.2, 0) is 0 Å². The fraction of sp³-hybridized carbons (Fsp3) is 0.556. The molecule has 1 aliphatic heterocycles. The van der Waals surface area contributed by atoms with Crippen LogP contribution in [0.4, 0.5) is 0 Å². The molecule has 21 heavy (non-hydrogen) atoms. The lowest BCUT2D eigenvalue weighted by Crippen LogP contribution is -2.60. The summed E-state index contributed by atoms with van der Waals surface area (Å²) in [4.78, 5) is 2.62. The average Bonchev–Trinajstić information content (AvgIpc) is 2.96. The Hall–Kier alpha value is -0.830. The van der Waals surface area contributed by atoms with Crippen LogP contribution >= 0.6 is 11.6 Å². The molecule has 0 radical (unpaired) electrons. The Morgan fingerprint density at radius 2 is 2.05 bits per heavy atom. The van der Waals surface area contributed by atoms with Crippen molar-refractivity contribution >= 4 is 11.6 Å². The number of hydrogen-bond acceptors (Lipinski definition) is 2. The molecular weight excluding hydrogens is 280 g/mol. The molecule has 1 aromatic carbocycles. The Bertz CT molecular complexity index is 491. The molecule has 2 fully saturated rings. The molecule has 0 bridgehead atoms. The van der Waals surface area contributed by atoms with Gasteiger partial charge in [0, 0.05) is 36.8 Å². The SMILES string of the molecule is C/C(=C/Cl)CN1CC2(CCCC2)NCC1c1ccccc1. The molecular formula is C18H25ClN2. The van der Waals surface area contributed by atoms with Crippen LogP contribution in [0.5, 0.6) is 0 Å². The summed E-state index contributed by atoms with van der Waals surface area (Å²) in [6.45, 7) is 5.26. The van der Waals surface area contributed by atoms with E-state index in [1.54, 1.807) is 5.54 Å². The normalized spacial score (nSPS) is 26.4. The molecule has 2 nitrogen and oxygen atoms in total. The van der Waals surface area contributed by atoms with Gasteiger partial charge in [-0.1, -0.05) is 54.8 Å². The van der Waals surface area contributed by atoms with E-state index in [0.29, 0.717) is 11.6 Å². The van der Waals surface area contributed by atoms with Crippen LogP contribution in [0.2, 0.25) is 0 Å². The van der Waals surface area contributed by atoms with E-state index in [-0.39, 0.29) is 0 Å². The van der Waals surface area contributed by atoms with Gasteiger partial charge in [0.05, 0.1) is 0 Å². The van der Waals surface area contributed by atoms with E-state index in [1.807, 2.05) is 0 Å². The minimum Gasteiger partial charge on any atom is -0.308 e. The van der Waals surface area contributed by atoms with Gasteiger partial charge in [-0.25, -0.2) is 0 Å². The summed E-state index contributed by atoms with van der Waals surface area (Å²) in [6, 6.07) is 11.3. The maximum atomic E-state index is 5.91. The predicted molar refractivity (Wildman–Crippen MR) is 89.6 cm³/mol. The van der Waals surface area contributed by atoms with E-state index in [2.05, 4.69) is 47.5 Å². The molecule has 2 aliphatic rings. The molecule has 0 amide bonds. The van der Waals surface area contributed by atoms with E-state index in [1.165, 1.54) is 36.8 Å². The van der Waals surface area contributed by atoms with Gasteiger partial charge in [-0.2, -0.15) is 0 Å². The summed E-state index contributed by atoms with van der Waals surface area (Å²) in [7, 11) is 0. The minimum absolute atomic E-state index is 0.345. The minimum atomic E-state index is 0.345. The van der Waals surface area contributed by atoms with Crippen molar-refractivity contribution in [2.24, 2.45) is 0 Å². The van der Waals surface area contributed by atoms with Crippen molar-refractivity contribution in [1.82, 2.24) is 10.2 Å². The summed E-state index contributed by atoms with van der Waals surface area (Å²) in [6.07, 6.45) is 5.35. The van der Waals surface area contributed by atoms with Gasteiger partial charge in [0.2, 0.25) is 0 Å². The lowest BCUT2D eigenvalue weighted by Gasteiger charge is -2.46. The van der Waals surface area contributed by atoms with Crippen molar-refractivity contribution in [3.05, 3.63) is 47.0 Å². The first-order valence-electron chi connectivity index (χ1n) is 8.02. The smallest absolute Gasteiger partial charge is 0.0477 e. The van der Waals surface area contributed by atoms with Crippen molar-refractivity contribution in [2.45, 2.75) is 44.2 Å². The second-order valence-corrected chi connectivity index (χ2v) is 6.87. The van der Waals surface area contributed by atoms with Crippen LogP contribution in [0.15, 0.2) is 41.4 Å². The third kappa shape index (κ3) is 3.33. The average molecular weight is 305 g/mol. The van der Waals surface area contributed by atoms with Gasteiger partial charge in [-0.3, -0.25) is 4.90 Å². The quantitative estimate of drug-likeness (QED) is 0.905. The molecule has 1 aliphatic carbocycles. The fourth-order valence-electron chi connectivity index (χ4n) is 3.91. The van der Waals surface area contributed by atoms with Gasteiger partial charge >= 0.3 is 0 Å². The zero-order chi connectivity index (χ0) is 14.7. The summed E-state index contributed by atoms with van der Waals surface area (Å²) < 4.78 is 0. The highest BCUT2D eigenvalue weighted by Gasteiger charge is 2.41. The van der Waals surface area contributed by atoms with Gasteiger partial charge in [0.25, 0.3) is 0 Å². The fourth-order valence-corrected chi connectivity index (χ4v) is 3.98. The maximum Gasteiger partial charge on any atom is 0.0477 e. The van der Waals surface area contributed by atoms with Crippen molar-refractivity contribution in [1.29, 1.82) is 0 Å². The molecule has 1 aromatic rings. The number of nitrogens with one attached hydrogen (secondary N) is 1. The van der Waals surface area contributed by atoms with Gasteiger partial charge in [-0.15, -0.1) is 0 Å². The molecule has 1 atom stereocenters. The van der Waals surface area contributed by atoms with Crippen LogP contribution in [-0.4, -0.2) is 30.1 Å². The lowest BCUT2D eigenvalue weighted by molar-refractivity contribution is 0.0890. The molecule has 1 saturated carbocycles. The Labute approximate surface area is 133 Å². The van der Waals surface area contributed by atoms with Gasteiger partial charge in [0.15, 0.2) is 0 Å². The van der Waals surface area contributed by atoms with E-state index >= 15 is 0 Å². The predicted octanol–water partition coefficient (Wildman–Crippen LogP) is 4.09. The highest BCUT2D eigenvalue weighted by atomic mass is 35.5. The van der Waals surface area contributed by atoms with Crippen molar-refractivity contribution in [3.8, 4) is 0 Å². The topological polar surface area (TPSA) is 15.3 Å². The molecule has 1 N–H and O–H groups in total. The largest absolute Gasteiger partial charge is 0.308 e. The molecule has 114 valence electrons. The second kappa shape index (κ2) is 6.51. The molecule has 3 rings (SSSR count). The first-order chi connectivity index (χ1) is 10.2. The molecule has 1 saturated heterocycles. The molecule has 1 unspecified atom stereocenters. The van der Waals surface area contributed by atoms with Crippen LogP contribution in [0.3, 0.4) is 0 Å². The number of benzene rings is 1. The Morgan fingerprint density at radius 3 is 2.71 bits per heavy atom. The standard InChI is InChI=1S/C18H25ClN2/c1-15(11-19)13-21-14-18(9-5-6-10-18)20-12-17(21)16-7-3-2-4-8-16/h2-4,7-8,11,17,20H,5-6,9-10,12-14H2,1H3/b15-11-. The van der Waals surface area contributed by atoms with E-state index in [0.717, 1.165) is 19.6 Å². The Balaban J connectivity index is 1.82. The van der Waals surface area contributed by atoms with Crippen molar-refractivity contribution < 1.29 is 0 Å². The summed E-state index contributed by atoms with van der Waals surface area (Å²) >= 11 is 5.91. The Kier molecular flexibility index (Phi) is 4.68.